The second-order valence-corrected chi connectivity index (χ2v) is 6.60. The van der Waals surface area contributed by atoms with Crippen molar-refractivity contribution in [3.8, 4) is 0 Å². The zero-order chi connectivity index (χ0) is 17.3. The van der Waals surface area contributed by atoms with Crippen LogP contribution in [0.5, 0.6) is 0 Å². The minimum atomic E-state index is -4.44. The Kier molecular flexibility index (Phi) is 4.88. The summed E-state index contributed by atoms with van der Waals surface area (Å²) in [5.74, 6) is -1.18. The van der Waals surface area contributed by atoms with Crippen molar-refractivity contribution in [2.24, 2.45) is 5.41 Å². The van der Waals surface area contributed by atoms with E-state index in [4.69, 9.17) is 5.11 Å². The predicted molar refractivity (Wildman–Crippen MR) is 76.9 cm³/mol. The number of amides is 1. The summed E-state index contributed by atoms with van der Waals surface area (Å²) >= 11 is 1.03. The number of carbonyl (C=O) groups is 2. The molecule has 1 aromatic rings. The van der Waals surface area contributed by atoms with Gasteiger partial charge in [-0.25, -0.2) is 4.98 Å². The third-order valence-corrected chi connectivity index (χ3v) is 4.68. The van der Waals surface area contributed by atoms with Gasteiger partial charge in [0.25, 0.3) is 0 Å². The molecule has 5 nitrogen and oxygen atoms in total. The molecule has 0 saturated carbocycles. The number of hydrogen-bond donors (Lipinski definition) is 1. The van der Waals surface area contributed by atoms with Gasteiger partial charge in [-0.1, -0.05) is 11.8 Å². The molecular weight excluding hydrogens is 333 g/mol. The molecular formula is C14H15F3N2O3S. The van der Waals surface area contributed by atoms with Crippen LogP contribution in [0, 0.1) is 5.41 Å². The summed E-state index contributed by atoms with van der Waals surface area (Å²) < 4.78 is 37.3. The van der Waals surface area contributed by atoms with Gasteiger partial charge in [0, 0.05) is 19.3 Å². The van der Waals surface area contributed by atoms with Crippen LogP contribution >= 0.6 is 11.8 Å². The highest BCUT2D eigenvalue weighted by Crippen LogP contribution is 2.31. The summed E-state index contributed by atoms with van der Waals surface area (Å²) in [6.07, 6.45) is -3.33. The summed E-state index contributed by atoms with van der Waals surface area (Å²) in [6.45, 7) is 2.10. The van der Waals surface area contributed by atoms with Gasteiger partial charge in [0.2, 0.25) is 5.91 Å². The second-order valence-electron chi connectivity index (χ2n) is 5.60. The van der Waals surface area contributed by atoms with Gasteiger partial charge in [0.05, 0.1) is 21.8 Å². The number of carboxylic acids is 1. The molecule has 1 unspecified atom stereocenters. The number of aromatic nitrogens is 1. The normalized spacial score (nSPS) is 21.5. The Labute approximate surface area is 134 Å². The summed E-state index contributed by atoms with van der Waals surface area (Å²) in [6, 6.07) is 2.13. The van der Waals surface area contributed by atoms with E-state index < -0.39 is 23.1 Å². The van der Waals surface area contributed by atoms with E-state index in [9.17, 15) is 22.8 Å². The van der Waals surface area contributed by atoms with E-state index in [2.05, 4.69) is 4.98 Å². The molecule has 1 saturated heterocycles. The lowest BCUT2D eigenvalue weighted by atomic mass is 9.90. The molecule has 0 aliphatic carbocycles. The highest BCUT2D eigenvalue weighted by atomic mass is 32.2. The second kappa shape index (κ2) is 6.38. The number of aliphatic carboxylic acids is 1. The van der Waals surface area contributed by atoms with Crippen LogP contribution in [-0.2, 0) is 15.8 Å². The Bertz CT molecular complexity index is 606. The quantitative estimate of drug-likeness (QED) is 0.847. The molecule has 1 aliphatic rings. The van der Waals surface area contributed by atoms with E-state index >= 15 is 0 Å². The van der Waals surface area contributed by atoms with Crippen LogP contribution in [0.3, 0.4) is 0 Å². The maximum Gasteiger partial charge on any atom is 0.417 e. The zero-order valence-electron chi connectivity index (χ0n) is 12.3. The first-order valence-electron chi connectivity index (χ1n) is 6.79. The highest BCUT2D eigenvalue weighted by molar-refractivity contribution is 7.99. The minimum absolute atomic E-state index is 0.00800. The molecule has 126 valence electrons. The maximum atomic E-state index is 12.4. The summed E-state index contributed by atoms with van der Waals surface area (Å²) in [5.41, 5.74) is -1.78. The van der Waals surface area contributed by atoms with Crippen molar-refractivity contribution in [2.45, 2.75) is 24.5 Å². The molecule has 0 aromatic carbocycles. The van der Waals surface area contributed by atoms with E-state index in [1.54, 1.807) is 6.92 Å². The summed E-state index contributed by atoms with van der Waals surface area (Å²) in [5, 5.41) is 9.44. The topological polar surface area (TPSA) is 70.5 Å². The van der Waals surface area contributed by atoms with E-state index in [-0.39, 0.29) is 18.2 Å². The predicted octanol–water partition coefficient (Wildman–Crippen LogP) is 2.52. The number of alkyl halides is 3. The summed E-state index contributed by atoms with van der Waals surface area (Å²) in [7, 11) is 0. The van der Waals surface area contributed by atoms with Crippen molar-refractivity contribution in [1.82, 2.24) is 9.88 Å². The molecule has 0 spiro atoms. The molecule has 1 atom stereocenters. The molecule has 1 N–H and O–H groups in total. The van der Waals surface area contributed by atoms with Crippen LogP contribution in [-0.4, -0.2) is 45.7 Å². The van der Waals surface area contributed by atoms with Crippen molar-refractivity contribution < 1.29 is 27.9 Å². The Morgan fingerprint density at radius 2 is 2.13 bits per heavy atom. The fourth-order valence-electron chi connectivity index (χ4n) is 2.21. The van der Waals surface area contributed by atoms with E-state index in [1.807, 2.05) is 0 Å². The molecule has 1 fully saturated rings. The number of halogens is 3. The van der Waals surface area contributed by atoms with Crippen molar-refractivity contribution >= 4 is 23.6 Å². The van der Waals surface area contributed by atoms with Crippen LogP contribution in [0.4, 0.5) is 13.2 Å². The Morgan fingerprint density at radius 3 is 2.61 bits per heavy atom. The Balaban J connectivity index is 1.89. The van der Waals surface area contributed by atoms with Gasteiger partial charge in [-0.15, -0.1) is 0 Å². The molecule has 9 heteroatoms. The van der Waals surface area contributed by atoms with E-state index in [0.29, 0.717) is 18.0 Å². The molecule has 1 amide bonds. The largest absolute Gasteiger partial charge is 0.481 e. The average molecular weight is 348 g/mol. The van der Waals surface area contributed by atoms with Crippen molar-refractivity contribution in [3.05, 3.63) is 23.9 Å². The number of hydrogen-bond acceptors (Lipinski definition) is 4. The number of nitrogens with zero attached hydrogens (tertiary/aromatic N) is 2. The standard InChI is InChI=1S/C14H15F3N2O3S/c1-13(12(21)22)4-5-19(8-13)11(20)7-23-10-3-2-9(6-18-10)14(15,16)17/h2-3,6H,4-5,7-8H2,1H3,(H,21,22). The summed E-state index contributed by atoms with van der Waals surface area (Å²) in [4.78, 5) is 28.3. The average Bonchev–Trinajstić information content (AvgIpc) is 2.88. The first kappa shape index (κ1) is 17.6. The van der Waals surface area contributed by atoms with E-state index in [0.717, 1.165) is 24.0 Å². The van der Waals surface area contributed by atoms with Crippen LogP contribution < -0.4 is 0 Å². The Morgan fingerprint density at radius 1 is 1.43 bits per heavy atom. The van der Waals surface area contributed by atoms with Gasteiger partial charge >= 0.3 is 12.1 Å². The Hall–Kier alpha value is -1.77. The number of carboxylic acid groups (broad SMARTS) is 1. The number of thioether (sulfide) groups is 1. The van der Waals surface area contributed by atoms with Crippen LogP contribution in [0.25, 0.3) is 0 Å². The lowest BCUT2D eigenvalue weighted by Gasteiger charge is -2.20. The molecule has 1 aromatic heterocycles. The lowest BCUT2D eigenvalue weighted by molar-refractivity contribution is -0.147. The van der Waals surface area contributed by atoms with E-state index in [1.165, 1.54) is 11.0 Å². The zero-order valence-corrected chi connectivity index (χ0v) is 13.1. The highest BCUT2D eigenvalue weighted by Gasteiger charge is 2.41. The molecule has 1 aliphatic heterocycles. The van der Waals surface area contributed by atoms with Crippen molar-refractivity contribution in [2.75, 3.05) is 18.8 Å². The van der Waals surface area contributed by atoms with Gasteiger partial charge in [-0.3, -0.25) is 9.59 Å². The fraction of sp³-hybridized carbons (Fsp3) is 0.500. The van der Waals surface area contributed by atoms with Crippen molar-refractivity contribution in [1.29, 1.82) is 0 Å². The number of likely N-dealkylation sites (tertiary alicyclic amines) is 1. The van der Waals surface area contributed by atoms with Gasteiger partial charge < -0.3 is 10.0 Å². The molecule has 0 radical (unpaired) electrons. The smallest absolute Gasteiger partial charge is 0.417 e. The van der Waals surface area contributed by atoms with Gasteiger partial charge in [-0.2, -0.15) is 13.2 Å². The first-order chi connectivity index (χ1) is 10.6. The van der Waals surface area contributed by atoms with Gasteiger partial charge in [0.15, 0.2) is 0 Å². The van der Waals surface area contributed by atoms with Gasteiger partial charge in [-0.05, 0) is 25.5 Å². The minimum Gasteiger partial charge on any atom is -0.481 e. The van der Waals surface area contributed by atoms with Crippen molar-refractivity contribution in [3.63, 3.8) is 0 Å². The third-order valence-electron chi connectivity index (χ3n) is 3.75. The third kappa shape index (κ3) is 4.15. The monoisotopic (exact) mass is 348 g/mol. The van der Waals surface area contributed by atoms with Crippen LogP contribution in [0.15, 0.2) is 23.4 Å². The molecule has 2 heterocycles. The fourth-order valence-corrected chi connectivity index (χ4v) is 2.95. The lowest BCUT2D eigenvalue weighted by Crippen LogP contribution is -2.35. The molecule has 2 rings (SSSR count). The van der Waals surface area contributed by atoms with Gasteiger partial charge in [0.1, 0.15) is 0 Å². The van der Waals surface area contributed by atoms with Crippen LogP contribution in [0.1, 0.15) is 18.9 Å². The molecule has 0 bridgehead atoms. The number of carbonyl (C=O) groups excluding carboxylic acids is 1. The first-order valence-corrected chi connectivity index (χ1v) is 7.78. The SMILES string of the molecule is CC1(C(=O)O)CCN(C(=O)CSc2ccc(C(F)(F)F)cn2)C1. The maximum absolute atomic E-state index is 12.4. The van der Waals surface area contributed by atoms with Crippen LogP contribution in [0.2, 0.25) is 0 Å². The number of pyridine rings is 1. The molecule has 23 heavy (non-hydrogen) atoms. The number of rotatable bonds is 4.